The van der Waals surface area contributed by atoms with Crippen LogP contribution in [0.4, 0.5) is 5.69 Å². The third kappa shape index (κ3) is 4.81. The SMILES string of the molecule is COc1cccc(Oc2nccn3c(=O)n(CC(=O)Nc4cc(OC)c(OC)c(OC)c4)nc23)c1. The Bertz CT molecular complexity index is 1400. The molecule has 35 heavy (non-hydrogen) atoms. The molecule has 4 rings (SSSR count). The number of nitrogens with one attached hydrogen (secondary N) is 1. The number of benzene rings is 2. The van der Waals surface area contributed by atoms with Crippen LogP contribution in [0.1, 0.15) is 0 Å². The van der Waals surface area contributed by atoms with E-state index in [1.807, 2.05) is 0 Å². The lowest BCUT2D eigenvalue weighted by atomic mass is 10.2. The highest BCUT2D eigenvalue weighted by Crippen LogP contribution is 2.39. The summed E-state index contributed by atoms with van der Waals surface area (Å²) in [7, 11) is 5.97. The number of hydrogen-bond acceptors (Lipinski definition) is 9. The minimum Gasteiger partial charge on any atom is -0.497 e. The molecule has 0 spiro atoms. The fraction of sp³-hybridized carbons (Fsp3) is 0.217. The third-order valence-electron chi connectivity index (χ3n) is 4.97. The molecule has 4 aromatic rings. The molecule has 12 nitrogen and oxygen atoms in total. The van der Waals surface area contributed by atoms with Crippen molar-refractivity contribution >= 4 is 17.2 Å². The van der Waals surface area contributed by atoms with Crippen molar-refractivity contribution in [1.29, 1.82) is 0 Å². The van der Waals surface area contributed by atoms with Crippen LogP contribution in [-0.4, -0.2) is 53.5 Å². The molecule has 1 N–H and O–H groups in total. The summed E-state index contributed by atoms with van der Waals surface area (Å²) in [6.45, 7) is -0.351. The van der Waals surface area contributed by atoms with Crippen molar-refractivity contribution < 1.29 is 28.5 Å². The lowest BCUT2D eigenvalue weighted by Gasteiger charge is -2.14. The number of rotatable bonds is 9. The van der Waals surface area contributed by atoms with Crippen LogP contribution >= 0.6 is 0 Å². The zero-order valence-corrected chi connectivity index (χ0v) is 19.5. The first-order chi connectivity index (χ1) is 17.0. The van der Waals surface area contributed by atoms with Gasteiger partial charge in [-0.05, 0) is 12.1 Å². The highest BCUT2D eigenvalue weighted by molar-refractivity contribution is 5.91. The minimum absolute atomic E-state index is 0.0987. The van der Waals surface area contributed by atoms with Crippen LogP contribution in [-0.2, 0) is 11.3 Å². The first-order valence-electron chi connectivity index (χ1n) is 10.3. The maximum absolute atomic E-state index is 12.8. The predicted octanol–water partition coefficient (Wildman–Crippen LogP) is 2.36. The highest BCUT2D eigenvalue weighted by atomic mass is 16.5. The second-order valence-corrected chi connectivity index (χ2v) is 7.11. The number of aromatic nitrogens is 4. The number of carbonyl (C=O) groups is 1. The molecule has 1 amide bonds. The molecule has 0 saturated heterocycles. The molecule has 0 fully saturated rings. The van der Waals surface area contributed by atoms with Gasteiger partial charge in [-0.2, -0.15) is 0 Å². The Hall–Kier alpha value is -4.74. The van der Waals surface area contributed by atoms with Gasteiger partial charge in [0, 0.05) is 36.3 Å². The summed E-state index contributed by atoms with van der Waals surface area (Å²) in [5.41, 5.74) is 0.0175. The molecule has 0 unspecified atom stereocenters. The van der Waals surface area contributed by atoms with Gasteiger partial charge in [-0.1, -0.05) is 6.07 Å². The zero-order valence-electron chi connectivity index (χ0n) is 19.5. The van der Waals surface area contributed by atoms with E-state index in [0.717, 1.165) is 4.68 Å². The Morgan fingerprint density at radius 2 is 1.69 bits per heavy atom. The zero-order chi connectivity index (χ0) is 24.9. The number of carbonyl (C=O) groups excluding carboxylic acids is 1. The van der Waals surface area contributed by atoms with Gasteiger partial charge in [-0.15, -0.1) is 5.10 Å². The van der Waals surface area contributed by atoms with Gasteiger partial charge in [-0.25, -0.2) is 18.9 Å². The largest absolute Gasteiger partial charge is 0.497 e. The van der Waals surface area contributed by atoms with Crippen molar-refractivity contribution in [2.75, 3.05) is 33.8 Å². The standard InChI is InChI=1S/C23H23N5O7/c1-31-15-6-5-7-16(12-15)35-22-21-26-28(23(30)27(21)9-8-24-22)13-19(29)25-14-10-17(32-2)20(34-4)18(11-14)33-3/h5-12H,13H2,1-4H3,(H,25,29). The van der Waals surface area contributed by atoms with Gasteiger partial charge < -0.3 is 29.0 Å². The van der Waals surface area contributed by atoms with E-state index in [4.69, 9.17) is 23.7 Å². The first kappa shape index (κ1) is 23.4. The maximum atomic E-state index is 12.8. The Morgan fingerprint density at radius 1 is 0.971 bits per heavy atom. The quantitative estimate of drug-likeness (QED) is 0.383. The van der Waals surface area contributed by atoms with Crippen LogP contribution in [0.5, 0.6) is 34.6 Å². The second kappa shape index (κ2) is 10.0. The number of methoxy groups -OCH3 is 4. The molecule has 0 bridgehead atoms. The van der Waals surface area contributed by atoms with E-state index < -0.39 is 11.6 Å². The molecule has 0 atom stereocenters. The summed E-state index contributed by atoms with van der Waals surface area (Å²) in [5.74, 6) is 1.79. The topological polar surface area (TPSA) is 127 Å². The number of anilines is 1. The molecule has 2 heterocycles. The van der Waals surface area contributed by atoms with Crippen LogP contribution in [0.15, 0.2) is 53.6 Å². The monoisotopic (exact) mass is 481 g/mol. The number of amides is 1. The van der Waals surface area contributed by atoms with E-state index in [2.05, 4.69) is 15.4 Å². The van der Waals surface area contributed by atoms with Gasteiger partial charge >= 0.3 is 5.69 Å². The molecule has 0 aliphatic heterocycles. The molecule has 182 valence electrons. The van der Waals surface area contributed by atoms with Gasteiger partial charge in [0.2, 0.25) is 17.3 Å². The van der Waals surface area contributed by atoms with Crippen LogP contribution in [0.2, 0.25) is 0 Å². The van der Waals surface area contributed by atoms with Crippen LogP contribution in [0, 0.1) is 0 Å². The van der Waals surface area contributed by atoms with E-state index >= 15 is 0 Å². The Balaban J connectivity index is 1.58. The Kier molecular flexibility index (Phi) is 6.71. The first-order valence-corrected chi connectivity index (χ1v) is 10.3. The normalized spacial score (nSPS) is 10.6. The van der Waals surface area contributed by atoms with E-state index in [1.54, 1.807) is 43.5 Å². The van der Waals surface area contributed by atoms with Crippen molar-refractivity contribution in [3.05, 3.63) is 59.3 Å². The van der Waals surface area contributed by atoms with Gasteiger partial charge in [0.25, 0.3) is 5.88 Å². The summed E-state index contributed by atoms with van der Waals surface area (Å²) < 4.78 is 29.1. The van der Waals surface area contributed by atoms with Crippen molar-refractivity contribution in [3.8, 4) is 34.6 Å². The van der Waals surface area contributed by atoms with Crippen molar-refractivity contribution in [2.45, 2.75) is 6.54 Å². The summed E-state index contributed by atoms with van der Waals surface area (Å²) in [6.07, 6.45) is 2.85. The fourth-order valence-corrected chi connectivity index (χ4v) is 3.37. The molecular formula is C23H23N5O7. The van der Waals surface area contributed by atoms with Crippen LogP contribution in [0.3, 0.4) is 0 Å². The number of ether oxygens (including phenoxy) is 5. The smallest absolute Gasteiger partial charge is 0.351 e. The number of hydrogen-bond donors (Lipinski definition) is 1. The Labute approximate surface area is 199 Å². The molecule has 2 aromatic carbocycles. The average molecular weight is 481 g/mol. The van der Waals surface area contributed by atoms with Crippen LogP contribution in [0.25, 0.3) is 5.65 Å². The minimum atomic E-state index is -0.530. The van der Waals surface area contributed by atoms with E-state index in [9.17, 15) is 9.59 Å². The van der Waals surface area contributed by atoms with Gasteiger partial charge in [0.05, 0.1) is 28.4 Å². The molecule has 12 heteroatoms. The molecule has 0 aliphatic carbocycles. The van der Waals surface area contributed by atoms with Crippen molar-refractivity contribution in [3.63, 3.8) is 0 Å². The molecule has 2 aromatic heterocycles. The molecule has 0 radical (unpaired) electrons. The summed E-state index contributed by atoms with van der Waals surface area (Å²) in [5, 5.41) is 6.95. The molecule has 0 aliphatic rings. The number of fused-ring (bicyclic) bond motifs is 1. The molecule has 0 saturated carbocycles. The maximum Gasteiger partial charge on any atom is 0.351 e. The third-order valence-corrected chi connectivity index (χ3v) is 4.97. The van der Waals surface area contributed by atoms with Crippen molar-refractivity contribution in [1.82, 2.24) is 19.2 Å². The summed E-state index contributed by atoms with van der Waals surface area (Å²) in [4.78, 5) is 29.7. The van der Waals surface area contributed by atoms with E-state index in [1.165, 1.54) is 38.1 Å². The van der Waals surface area contributed by atoms with Gasteiger partial charge in [0.1, 0.15) is 18.0 Å². The van der Waals surface area contributed by atoms with Gasteiger partial charge in [0.15, 0.2) is 11.5 Å². The number of nitrogens with zero attached hydrogens (tertiary/aromatic N) is 4. The van der Waals surface area contributed by atoms with E-state index in [-0.39, 0.29) is 18.1 Å². The summed E-state index contributed by atoms with van der Waals surface area (Å²) in [6, 6.07) is 10.1. The Morgan fingerprint density at radius 3 is 2.34 bits per heavy atom. The fourth-order valence-electron chi connectivity index (χ4n) is 3.37. The highest BCUT2D eigenvalue weighted by Gasteiger charge is 2.18. The van der Waals surface area contributed by atoms with Gasteiger partial charge in [-0.3, -0.25) is 4.79 Å². The predicted molar refractivity (Wildman–Crippen MR) is 125 cm³/mol. The second-order valence-electron chi connectivity index (χ2n) is 7.11. The lowest BCUT2D eigenvalue weighted by molar-refractivity contribution is -0.117. The summed E-state index contributed by atoms with van der Waals surface area (Å²) >= 11 is 0. The van der Waals surface area contributed by atoms with E-state index in [0.29, 0.717) is 34.4 Å². The lowest BCUT2D eigenvalue weighted by Crippen LogP contribution is -2.28. The van der Waals surface area contributed by atoms with Crippen molar-refractivity contribution in [2.24, 2.45) is 0 Å². The average Bonchev–Trinajstić information content (AvgIpc) is 3.19. The van der Waals surface area contributed by atoms with Crippen LogP contribution < -0.4 is 34.7 Å². The molecular weight excluding hydrogens is 458 g/mol.